The van der Waals surface area contributed by atoms with Crippen LogP contribution >= 0.6 is 0 Å². The number of amides is 1. The number of hydrogen-bond donors (Lipinski definition) is 2. The van der Waals surface area contributed by atoms with E-state index in [2.05, 4.69) is 24.0 Å². The Balaban J connectivity index is 2.66. The van der Waals surface area contributed by atoms with Crippen molar-refractivity contribution in [2.24, 2.45) is 0 Å². The van der Waals surface area contributed by atoms with Gasteiger partial charge in [0.05, 0.1) is 4.92 Å². The number of para-hydroxylation sites is 1. The molecule has 0 heterocycles. The van der Waals surface area contributed by atoms with Crippen LogP contribution in [0.2, 0.25) is 0 Å². The van der Waals surface area contributed by atoms with E-state index in [1.165, 1.54) is 18.2 Å². The maximum atomic E-state index is 11.8. The number of nitro benzene ring substituents is 1. The number of hydrazine groups is 1. The van der Waals surface area contributed by atoms with E-state index in [4.69, 9.17) is 0 Å². The lowest BCUT2D eigenvalue weighted by molar-refractivity contribution is -0.385. The highest BCUT2D eigenvalue weighted by molar-refractivity contribution is 5.97. The molecule has 0 spiro atoms. The summed E-state index contributed by atoms with van der Waals surface area (Å²) in [5.74, 6) is -0.577. The van der Waals surface area contributed by atoms with Crippen LogP contribution in [0.1, 0.15) is 23.2 Å². The van der Waals surface area contributed by atoms with Gasteiger partial charge >= 0.3 is 0 Å². The van der Waals surface area contributed by atoms with Crippen LogP contribution in [0.4, 0.5) is 5.69 Å². The summed E-state index contributed by atoms with van der Waals surface area (Å²) in [6, 6.07) is 5.74. The van der Waals surface area contributed by atoms with Gasteiger partial charge in [0.15, 0.2) is 0 Å². The van der Waals surface area contributed by atoms with Gasteiger partial charge in [0.2, 0.25) is 0 Å². The van der Waals surface area contributed by atoms with E-state index in [9.17, 15) is 14.9 Å². The molecule has 0 saturated carbocycles. The van der Waals surface area contributed by atoms with E-state index in [1.54, 1.807) is 12.1 Å². The van der Waals surface area contributed by atoms with Crippen LogP contribution in [0, 0.1) is 10.1 Å². The first-order valence-electron chi connectivity index (χ1n) is 5.64. The number of nitro groups is 1. The molecular formula is C13H15N3O3. The first-order valence-corrected chi connectivity index (χ1v) is 5.64. The Bertz CT molecular complexity index is 512. The standard InChI is InChI=1S/C13H15N3O3/c1-3-4-7-10(2)14-15-13(17)11-8-5-6-9-12(11)16(18)19/h3,5-6,8-9,14H,1-2,4,7H2,(H,15,17). The predicted molar refractivity (Wildman–Crippen MR) is 72.3 cm³/mol. The van der Waals surface area contributed by atoms with Gasteiger partial charge in [0.25, 0.3) is 11.6 Å². The van der Waals surface area contributed by atoms with E-state index < -0.39 is 10.8 Å². The molecule has 6 nitrogen and oxygen atoms in total. The molecule has 0 radical (unpaired) electrons. The SMILES string of the molecule is C=CCCC(=C)NNC(=O)c1ccccc1[N+](=O)[O-]. The largest absolute Gasteiger partial charge is 0.303 e. The molecule has 1 rings (SSSR count). The number of benzene rings is 1. The van der Waals surface area contributed by atoms with Gasteiger partial charge in [-0.3, -0.25) is 20.3 Å². The first kappa shape index (κ1) is 14.4. The summed E-state index contributed by atoms with van der Waals surface area (Å²) in [4.78, 5) is 22.0. The number of hydrogen-bond acceptors (Lipinski definition) is 4. The van der Waals surface area contributed by atoms with Crippen LogP contribution < -0.4 is 10.9 Å². The average molecular weight is 261 g/mol. The third kappa shape index (κ3) is 4.27. The third-order valence-electron chi connectivity index (χ3n) is 2.35. The van der Waals surface area contributed by atoms with Crippen molar-refractivity contribution in [3.8, 4) is 0 Å². The number of nitrogens with one attached hydrogen (secondary N) is 2. The monoisotopic (exact) mass is 261 g/mol. The minimum absolute atomic E-state index is 0.00322. The molecule has 0 saturated heterocycles. The Morgan fingerprint density at radius 2 is 2.05 bits per heavy atom. The van der Waals surface area contributed by atoms with Crippen molar-refractivity contribution in [2.75, 3.05) is 0 Å². The van der Waals surface area contributed by atoms with Crippen molar-refractivity contribution in [3.05, 3.63) is 64.9 Å². The molecule has 0 aliphatic carbocycles. The second-order valence-corrected chi connectivity index (χ2v) is 3.78. The third-order valence-corrected chi connectivity index (χ3v) is 2.35. The fourth-order valence-corrected chi connectivity index (χ4v) is 1.38. The number of allylic oxidation sites excluding steroid dienone is 2. The van der Waals surface area contributed by atoms with Crippen molar-refractivity contribution in [2.45, 2.75) is 12.8 Å². The molecular weight excluding hydrogens is 246 g/mol. The molecule has 0 unspecified atom stereocenters. The van der Waals surface area contributed by atoms with Gasteiger partial charge < -0.3 is 5.43 Å². The molecule has 1 aromatic rings. The highest BCUT2D eigenvalue weighted by atomic mass is 16.6. The molecule has 1 amide bonds. The lowest BCUT2D eigenvalue weighted by atomic mass is 10.2. The van der Waals surface area contributed by atoms with Gasteiger partial charge in [-0.2, -0.15) is 0 Å². The molecule has 6 heteroatoms. The quantitative estimate of drug-likeness (QED) is 0.448. The Morgan fingerprint density at radius 1 is 1.37 bits per heavy atom. The number of nitrogens with zero attached hydrogens (tertiary/aromatic N) is 1. The summed E-state index contributed by atoms with van der Waals surface area (Å²) in [6.07, 6.45) is 3.09. The van der Waals surface area contributed by atoms with E-state index in [-0.39, 0.29) is 11.3 Å². The van der Waals surface area contributed by atoms with Crippen LogP contribution in [0.15, 0.2) is 49.2 Å². The number of carbonyl (C=O) groups excluding carboxylic acids is 1. The second kappa shape index (κ2) is 6.95. The Labute approximate surface area is 110 Å². The van der Waals surface area contributed by atoms with Crippen molar-refractivity contribution < 1.29 is 9.72 Å². The second-order valence-electron chi connectivity index (χ2n) is 3.78. The number of rotatable bonds is 7. The van der Waals surface area contributed by atoms with Gasteiger partial charge in [-0.05, 0) is 18.9 Å². The average Bonchev–Trinajstić information content (AvgIpc) is 2.42. The molecule has 0 aliphatic heterocycles. The van der Waals surface area contributed by atoms with Crippen molar-refractivity contribution in [1.29, 1.82) is 0 Å². The van der Waals surface area contributed by atoms with Crippen LogP contribution in [-0.4, -0.2) is 10.8 Å². The maximum Gasteiger partial charge on any atom is 0.282 e. The van der Waals surface area contributed by atoms with Gasteiger partial charge in [0, 0.05) is 11.8 Å². The minimum atomic E-state index is -0.596. The fraction of sp³-hybridized carbons (Fsp3) is 0.154. The molecule has 19 heavy (non-hydrogen) atoms. The van der Waals surface area contributed by atoms with Crippen LogP contribution in [0.25, 0.3) is 0 Å². The highest BCUT2D eigenvalue weighted by Crippen LogP contribution is 2.16. The summed E-state index contributed by atoms with van der Waals surface area (Å²) in [7, 11) is 0. The van der Waals surface area contributed by atoms with Crippen LogP contribution in [-0.2, 0) is 0 Å². The first-order chi connectivity index (χ1) is 9.06. The van der Waals surface area contributed by atoms with E-state index in [1.807, 2.05) is 0 Å². The minimum Gasteiger partial charge on any atom is -0.303 e. The maximum absolute atomic E-state index is 11.8. The van der Waals surface area contributed by atoms with Crippen molar-refractivity contribution in [3.63, 3.8) is 0 Å². The zero-order chi connectivity index (χ0) is 14.3. The van der Waals surface area contributed by atoms with E-state index in [0.29, 0.717) is 12.1 Å². The number of carbonyl (C=O) groups is 1. The molecule has 0 bridgehead atoms. The summed E-state index contributed by atoms with van der Waals surface area (Å²) >= 11 is 0. The summed E-state index contributed by atoms with van der Waals surface area (Å²) < 4.78 is 0. The van der Waals surface area contributed by atoms with Crippen LogP contribution in [0.5, 0.6) is 0 Å². The fourth-order valence-electron chi connectivity index (χ4n) is 1.38. The van der Waals surface area contributed by atoms with Gasteiger partial charge in [-0.1, -0.05) is 24.8 Å². The molecule has 0 aromatic heterocycles. The summed E-state index contributed by atoms with van der Waals surface area (Å²) in [5, 5.41) is 10.8. The van der Waals surface area contributed by atoms with Gasteiger partial charge in [-0.25, -0.2) is 0 Å². The summed E-state index contributed by atoms with van der Waals surface area (Å²) in [5.41, 5.74) is 5.36. The normalized spacial score (nSPS) is 9.47. The lowest BCUT2D eigenvalue weighted by Crippen LogP contribution is -2.36. The molecule has 100 valence electrons. The Hall–Kier alpha value is -2.63. The van der Waals surface area contributed by atoms with Crippen molar-refractivity contribution >= 4 is 11.6 Å². The molecule has 0 atom stereocenters. The molecule has 0 aliphatic rings. The van der Waals surface area contributed by atoms with E-state index in [0.717, 1.165) is 6.42 Å². The zero-order valence-electron chi connectivity index (χ0n) is 10.4. The van der Waals surface area contributed by atoms with E-state index >= 15 is 0 Å². The Morgan fingerprint density at radius 3 is 2.68 bits per heavy atom. The topological polar surface area (TPSA) is 84.3 Å². The predicted octanol–water partition coefficient (Wildman–Crippen LogP) is 2.31. The zero-order valence-corrected chi connectivity index (χ0v) is 10.4. The van der Waals surface area contributed by atoms with Gasteiger partial charge in [0.1, 0.15) is 5.56 Å². The highest BCUT2D eigenvalue weighted by Gasteiger charge is 2.18. The molecule has 1 aromatic carbocycles. The summed E-state index contributed by atoms with van der Waals surface area (Å²) in [6.45, 7) is 7.28. The molecule has 0 fully saturated rings. The van der Waals surface area contributed by atoms with Gasteiger partial charge in [-0.15, -0.1) is 6.58 Å². The Kier molecular flexibility index (Phi) is 5.28. The van der Waals surface area contributed by atoms with Crippen molar-refractivity contribution in [1.82, 2.24) is 10.9 Å². The smallest absolute Gasteiger partial charge is 0.282 e. The lowest BCUT2D eigenvalue weighted by Gasteiger charge is -2.10. The van der Waals surface area contributed by atoms with Crippen LogP contribution in [0.3, 0.4) is 0 Å². The molecule has 2 N–H and O–H groups in total.